The zero-order valence-corrected chi connectivity index (χ0v) is 22.3. The molecule has 0 N–H and O–H groups in total. The molecule has 0 aliphatic carbocycles. The van der Waals surface area contributed by atoms with E-state index in [1.807, 2.05) is 30.5 Å². The third-order valence-corrected chi connectivity index (χ3v) is 9.33. The molecule has 36 heavy (non-hydrogen) atoms. The van der Waals surface area contributed by atoms with Gasteiger partial charge >= 0.3 is 0 Å². The molecule has 3 aromatic rings. The molecule has 3 aliphatic heterocycles. The Morgan fingerprint density at radius 3 is 2.00 bits per heavy atom. The number of hydrogen-bond acceptors (Lipinski definition) is 3. The normalized spacial score (nSPS) is 24.9. The molecule has 0 spiro atoms. The van der Waals surface area contributed by atoms with Gasteiger partial charge in [-0.2, -0.15) is 0 Å². The van der Waals surface area contributed by atoms with Crippen molar-refractivity contribution in [2.75, 3.05) is 13.1 Å². The molecule has 0 radical (unpaired) electrons. The van der Waals surface area contributed by atoms with Crippen molar-refractivity contribution >= 4 is 23.2 Å². The predicted octanol–water partition coefficient (Wildman–Crippen LogP) is 7.87. The zero-order valence-electron chi connectivity index (χ0n) is 20.8. The number of benzene rings is 2. The summed E-state index contributed by atoms with van der Waals surface area (Å²) in [5.74, 6) is 0.512. The van der Waals surface area contributed by atoms with Gasteiger partial charge in [0.15, 0.2) is 0 Å². The van der Waals surface area contributed by atoms with Gasteiger partial charge in [0.25, 0.3) is 0 Å². The third kappa shape index (κ3) is 4.84. The lowest BCUT2D eigenvalue weighted by molar-refractivity contribution is 0.0921. The number of piperidine rings is 2. The average Bonchev–Trinajstić information content (AvgIpc) is 3.15. The Balaban J connectivity index is 1.30. The lowest BCUT2D eigenvalue weighted by Gasteiger charge is -2.44. The second-order valence-corrected chi connectivity index (χ2v) is 11.6. The van der Waals surface area contributed by atoms with Crippen LogP contribution in [-0.2, 0) is 6.54 Å². The van der Waals surface area contributed by atoms with Crippen molar-refractivity contribution in [3.8, 4) is 0 Å². The standard InChI is InChI=1S/C31H35Cl2N3/c32-28-12-4-2-10-26(28)31(27-11-3-5-13-29(27)33)36-24-14-15-25(36)20-23(19-24)30-22(9-8-16-34-30)21-35-17-6-1-7-18-35/h2-5,8-13,16,23-25,31H,1,6-7,14-15,17-21H2. The Morgan fingerprint density at radius 1 is 0.778 bits per heavy atom. The summed E-state index contributed by atoms with van der Waals surface area (Å²) in [4.78, 5) is 10.4. The van der Waals surface area contributed by atoms with Crippen molar-refractivity contribution in [1.29, 1.82) is 0 Å². The summed E-state index contributed by atoms with van der Waals surface area (Å²) in [6, 6.07) is 22.1. The van der Waals surface area contributed by atoms with Crippen LogP contribution in [0, 0.1) is 0 Å². The average molecular weight is 521 g/mol. The molecule has 188 valence electrons. The van der Waals surface area contributed by atoms with Crippen molar-refractivity contribution in [1.82, 2.24) is 14.8 Å². The van der Waals surface area contributed by atoms with Gasteiger partial charge in [-0.25, -0.2) is 0 Å². The zero-order chi connectivity index (χ0) is 24.5. The molecule has 6 rings (SSSR count). The van der Waals surface area contributed by atoms with E-state index >= 15 is 0 Å². The number of aromatic nitrogens is 1. The van der Waals surface area contributed by atoms with E-state index in [-0.39, 0.29) is 6.04 Å². The van der Waals surface area contributed by atoms with E-state index in [0.717, 1.165) is 40.6 Å². The van der Waals surface area contributed by atoms with E-state index in [1.54, 1.807) is 0 Å². The van der Waals surface area contributed by atoms with Crippen molar-refractivity contribution in [2.45, 2.75) is 75.5 Å². The maximum absolute atomic E-state index is 6.81. The van der Waals surface area contributed by atoms with Crippen LogP contribution in [0.15, 0.2) is 66.9 Å². The maximum Gasteiger partial charge on any atom is 0.0636 e. The molecule has 2 aromatic carbocycles. The van der Waals surface area contributed by atoms with E-state index in [1.165, 1.54) is 56.5 Å². The fraction of sp³-hybridized carbons (Fsp3) is 0.452. The Bertz CT molecular complexity index is 1130. The van der Waals surface area contributed by atoms with Crippen LogP contribution in [0.4, 0.5) is 0 Å². The Labute approximate surface area is 225 Å². The smallest absolute Gasteiger partial charge is 0.0636 e. The first kappa shape index (κ1) is 24.4. The number of rotatable bonds is 6. The third-order valence-electron chi connectivity index (χ3n) is 8.64. The molecule has 0 amide bonds. The molecule has 0 saturated carbocycles. The first-order chi connectivity index (χ1) is 17.7. The quantitative estimate of drug-likeness (QED) is 0.330. The van der Waals surface area contributed by atoms with Crippen LogP contribution in [0.2, 0.25) is 10.0 Å². The molecule has 4 heterocycles. The lowest BCUT2D eigenvalue weighted by atomic mass is 9.83. The van der Waals surface area contributed by atoms with Gasteiger partial charge in [0, 0.05) is 46.5 Å². The minimum Gasteiger partial charge on any atom is -0.299 e. The second kappa shape index (κ2) is 10.8. The van der Waals surface area contributed by atoms with E-state index in [4.69, 9.17) is 28.2 Å². The number of nitrogens with zero attached hydrogens (tertiary/aromatic N) is 3. The van der Waals surface area contributed by atoms with Gasteiger partial charge < -0.3 is 0 Å². The van der Waals surface area contributed by atoms with Gasteiger partial charge in [-0.3, -0.25) is 14.8 Å². The van der Waals surface area contributed by atoms with Gasteiger partial charge in [-0.05, 0) is 86.5 Å². The van der Waals surface area contributed by atoms with E-state index in [2.05, 4.69) is 46.2 Å². The van der Waals surface area contributed by atoms with Crippen LogP contribution in [0.3, 0.4) is 0 Å². The molecule has 1 aromatic heterocycles. The highest BCUT2D eigenvalue weighted by atomic mass is 35.5. The number of fused-ring (bicyclic) bond motifs is 2. The summed E-state index contributed by atoms with van der Waals surface area (Å²) in [5, 5.41) is 1.63. The van der Waals surface area contributed by atoms with E-state index in [9.17, 15) is 0 Å². The van der Waals surface area contributed by atoms with Crippen LogP contribution >= 0.6 is 23.2 Å². The highest BCUT2D eigenvalue weighted by Gasteiger charge is 2.46. The molecular weight excluding hydrogens is 485 g/mol. The molecule has 2 bridgehead atoms. The number of pyridine rings is 1. The van der Waals surface area contributed by atoms with Crippen molar-refractivity contribution in [2.24, 2.45) is 0 Å². The molecule has 3 fully saturated rings. The topological polar surface area (TPSA) is 19.4 Å². The van der Waals surface area contributed by atoms with Crippen molar-refractivity contribution in [3.05, 3.63) is 99.3 Å². The Morgan fingerprint density at radius 2 is 1.39 bits per heavy atom. The largest absolute Gasteiger partial charge is 0.299 e. The molecule has 3 aliphatic rings. The van der Waals surface area contributed by atoms with Crippen LogP contribution in [0.25, 0.3) is 0 Å². The van der Waals surface area contributed by atoms with Crippen LogP contribution in [-0.4, -0.2) is 40.0 Å². The SMILES string of the molecule is Clc1ccccc1C(c1ccccc1Cl)N1C2CCC1CC(c1ncccc1CN1CCCCC1)C2. The summed E-state index contributed by atoms with van der Waals surface area (Å²) < 4.78 is 0. The first-order valence-corrected chi connectivity index (χ1v) is 14.4. The fourth-order valence-electron chi connectivity index (χ4n) is 7.05. The summed E-state index contributed by atoms with van der Waals surface area (Å²) in [6.45, 7) is 3.48. The summed E-state index contributed by atoms with van der Waals surface area (Å²) in [7, 11) is 0. The van der Waals surface area contributed by atoms with Gasteiger partial charge in [0.1, 0.15) is 0 Å². The van der Waals surface area contributed by atoms with Crippen LogP contribution in [0.5, 0.6) is 0 Å². The number of halogens is 2. The minimum absolute atomic E-state index is 0.0717. The second-order valence-electron chi connectivity index (χ2n) is 10.8. The lowest BCUT2D eigenvalue weighted by Crippen LogP contribution is -2.45. The molecule has 2 unspecified atom stereocenters. The van der Waals surface area contributed by atoms with Gasteiger partial charge in [-0.1, -0.05) is 72.1 Å². The van der Waals surface area contributed by atoms with E-state index < -0.39 is 0 Å². The minimum atomic E-state index is 0.0717. The monoisotopic (exact) mass is 519 g/mol. The van der Waals surface area contributed by atoms with Crippen LogP contribution < -0.4 is 0 Å². The highest BCUT2D eigenvalue weighted by molar-refractivity contribution is 6.32. The van der Waals surface area contributed by atoms with Gasteiger partial charge in [0.05, 0.1) is 6.04 Å². The van der Waals surface area contributed by atoms with E-state index in [0.29, 0.717) is 18.0 Å². The Kier molecular flexibility index (Phi) is 7.35. The first-order valence-electron chi connectivity index (χ1n) is 13.6. The Hall–Kier alpha value is -1.91. The molecule has 5 heteroatoms. The number of hydrogen-bond donors (Lipinski definition) is 0. The van der Waals surface area contributed by atoms with Gasteiger partial charge in [0.2, 0.25) is 0 Å². The summed E-state index contributed by atoms with van der Waals surface area (Å²) >= 11 is 13.6. The fourth-order valence-corrected chi connectivity index (χ4v) is 7.53. The van der Waals surface area contributed by atoms with Crippen LogP contribution in [0.1, 0.15) is 79.3 Å². The summed E-state index contributed by atoms with van der Waals surface area (Å²) in [5.41, 5.74) is 5.09. The van der Waals surface area contributed by atoms with Crippen molar-refractivity contribution in [3.63, 3.8) is 0 Å². The highest BCUT2D eigenvalue weighted by Crippen LogP contribution is 2.50. The molecule has 3 nitrogen and oxygen atoms in total. The molecule has 2 atom stereocenters. The van der Waals surface area contributed by atoms with Gasteiger partial charge in [-0.15, -0.1) is 0 Å². The summed E-state index contributed by atoms with van der Waals surface area (Å²) in [6.07, 6.45) is 10.8. The maximum atomic E-state index is 6.81. The predicted molar refractivity (Wildman–Crippen MR) is 149 cm³/mol. The molecular formula is C31H35Cl2N3. The van der Waals surface area contributed by atoms with Crippen molar-refractivity contribution < 1.29 is 0 Å². The number of likely N-dealkylation sites (tertiary alicyclic amines) is 1. The molecule has 3 saturated heterocycles.